The van der Waals surface area contributed by atoms with E-state index in [2.05, 4.69) is 6.92 Å². The van der Waals surface area contributed by atoms with Crippen molar-refractivity contribution in [1.82, 2.24) is 0 Å². The molecule has 0 amide bonds. The van der Waals surface area contributed by atoms with E-state index in [-0.39, 0.29) is 31.8 Å². The Morgan fingerprint density at radius 3 is 2.03 bits per heavy atom. The number of hydrogen-bond donors (Lipinski definition) is 6. The zero-order valence-corrected chi connectivity index (χ0v) is 41.0. The molecule has 3 aliphatic heterocycles. The first-order valence-electron chi connectivity index (χ1n) is 24.5. The maximum atomic E-state index is 13.6. The number of fused-ring (bicyclic) bond motifs is 5. The number of hydrogen-bond acceptors (Lipinski definition) is 17. The van der Waals surface area contributed by atoms with E-state index in [0.29, 0.717) is 32.1 Å². The predicted octanol–water partition coefficient (Wildman–Crippen LogP) is 3.46. The fraction of sp³-hybridized carbons (Fsp3) is 0.784. The lowest BCUT2D eigenvalue weighted by atomic mass is 9.42. The number of aliphatic hydroxyl groups is 6. The molecule has 3 saturated heterocycles. The molecule has 17 heteroatoms. The van der Waals surface area contributed by atoms with Crippen LogP contribution in [0.3, 0.4) is 0 Å². The number of esters is 1. The fourth-order valence-electron chi connectivity index (χ4n) is 13.5. The van der Waals surface area contributed by atoms with Crippen molar-refractivity contribution in [1.29, 1.82) is 0 Å². The summed E-state index contributed by atoms with van der Waals surface area (Å²) in [6.45, 7) is 10.7. The van der Waals surface area contributed by atoms with E-state index in [1.807, 2.05) is 50.3 Å². The summed E-state index contributed by atoms with van der Waals surface area (Å²) in [4.78, 5) is 13.6. The molecule has 1 aromatic rings. The quantitative estimate of drug-likeness (QED) is 0.0945. The van der Waals surface area contributed by atoms with E-state index < -0.39 is 132 Å². The first-order valence-corrected chi connectivity index (χ1v) is 24.5. The van der Waals surface area contributed by atoms with Crippen molar-refractivity contribution in [3.05, 3.63) is 53.6 Å². The highest BCUT2D eigenvalue weighted by Gasteiger charge is 2.81. The molecule has 3 saturated carbocycles. The second-order valence-electron chi connectivity index (χ2n) is 21.1. The Morgan fingerprint density at radius 2 is 1.41 bits per heavy atom. The highest BCUT2D eigenvalue weighted by molar-refractivity contribution is 5.87. The number of carbonyl (C=O) groups is 1. The molecule has 382 valence electrons. The standard InChI is InChI=1S/C51H76O17/c1-27-41(54)45(61-9)42(55)46(64-27)68-44-29(3)63-40(25-35(44)60-8)67-43-28(2)62-39(24-34(43)59-7)65-33-18-19-47(5)32(23-33)17-20-50(57)36(47)26-37(66-38(53)16-15-31-13-11-10-12-14-31)48(6)49(56,30(4)52)21-22-51(48,50)58/h10-17,27-30,33-37,39-46,52,54-58H,18-26H2,1-9H3/b16-15+/t27-,28-,29-,30+,33+,34+,35+,36-,37-,39+,40+,41-,42-,43-,44-,45+,46+,47+,48-,49-,50+,51-/m1/s1. The van der Waals surface area contributed by atoms with Crippen LogP contribution < -0.4 is 0 Å². The normalized spacial score (nSPS) is 48.8. The van der Waals surface area contributed by atoms with Crippen molar-refractivity contribution in [2.75, 3.05) is 21.3 Å². The SMILES string of the molecule is CO[C@@H]1[C@@H](O)[C@H](O[C@H]2[C@@H](OC)C[C@H](O[C@H]3[C@@H](OC)C[C@H](O[C@H]4CC[C@@]5(C)C(=CC[C@]6(O)[C@@H]5C[C@@H](OC(=O)/C=C/c5ccccc5)[C@@]5(C)[C@]6(O)CC[C@@]5(O)[C@H](C)O)C4)O[C@@H]3C)O[C@@H]2C)O[C@H](C)[C@H]1O. The summed E-state index contributed by atoms with van der Waals surface area (Å²) < 4.78 is 61.7. The Kier molecular flexibility index (Phi) is 15.2. The van der Waals surface area contributed by atoms with Gasteiger partial charge in [-0.05, 0) is 89.7 Å². The van der Waals surface area contributed by atoms with Gasteiger partial charge in [-0.25, -0.2) is 4.79 Å². The molecule has 68 heavy (non-hydrogen) atoms. The summed E-state index contributed by atoms with van der Waals surface area (Å²) >= 11 is 0. The molecular formula is C51H76O17. The minimum Gasteiger partial charge on any atom is -0.458 e. The molecule has 22 atom stereocenters. The summed E-state index contributed by atoms with van der Waals surface area (Å²) in [7, 11) is 4.62. The van der Waals surface area contributed by atoms with Gasteiger partial charge in [0.2, 0.25) is 0 Å². The van der Waals surface area contributed by atoms with Gasteiger partial charge in [0.25, 0.3) is 0 Å². The topological polar surface area (TPSA) is 231 Å². The van der Waals surface area contributed by atoms with Crippen LogP contribution in [0.5, 0.6) is 0 Å². The van der Waals surface area contributed by atoms with Crippen molar-refractivity contribution in [3.63, 3.8) is 0 Å². The number of rotatable bonds is 13. The molecule has 0 aromatic heterocycles. The predicted molar refractivity (Wildman–Crippen MR) is 243 cm³/mol. The van der Waals surface area contributed by atoms with Gasteiger partial charge in [0.05, 0.1) is 48.1 Å². The first kappa shape index (κ1) is 51.9. The molecule has 17 nitrogen and oxygen atoms in total. The molecule has 7 aliphatic rings. The summed E-state index contributed by atoms with van der Waals surface area (Å²) in [6.07, 6.45) is -4.03. The van der Waals surface area contributed by atoms with E-state index in [9.17, 15) is 35.4 Å². The zero-order chi connectivity index (χ0) is 49.1. The van der Waals surface area contributed by atoms with Gasteiger partial charge in [-0.1, -0.05) is 55.8 Å². The lowest BCUT2D eigenvalue weighted by Crippen LogP contribution is -2.78. The van der Waals surface area contributed by atoms with Crippen LogP contribution in [0.4, 0.5) is 0 Å². The Hall–Kier alpha value is -2.43. The van der Waals surface area contributed by atoms with Crippen molar-refractivity contribution >= 4 is 12.0 Å². The number of methoxy groups -OCH3 is 3. The van der Waals surface area contributed by atoms with Crippen molar-refractivity contribution in [2.24, 2.45) is 16.7 Å². The average molecular weight is 961 g/mol. The molecule has 0 unspecified atom stereocenters. The zero-order valence-electron chi connectivity index (χ0n) is 41.0. The van der Waals surface area contributed by atoms with Crippen LogP contribution in [-0.2, 0) is 52.2 Å². The van der Waals surface area contributed by atoms with Gasteiger partial charge in [-0.2, -0.15) is 0 Å². The van der Waals surface area contributed by atoms with E-state index in [1.54, 1.807) is 34.1 Å². The maximum absolute atomic E-state index is 13.6. The number of aliphatic hydroxyl groups excluding tert-OH is 3. The van der Waals surface area contributed by atoms with E-state index in [1.165, 1.54) is 20.1 Å². The smallest absolute Gasteiger partial charge is 0.331 e. The second-order valence-corrected chi connectivity index (χ2v) is 21.1. The summed E-state index contributed by atoms with van der Waals surface area (Å²) in [5.74, 6) is -1.20. The Bertz CT molecular complexity index is 1970. The minimum atomic E-state index is -1.91. The van der Waals surface area contributed by atoms with Gasteiger partial charge >= 0.3 is 5.97 Å². The largest absolute Gasteiger partial charge is 0.458 e. The van der Waals surface area contributed by atoms with Gasteiger partial charge in [0.15, 0.2) is 18.9 Å². The van der Waals surface area contributed by atoms with Gasteiger partial charge in [-0.3, -0.25) is 0 Å². The average Bonchev–Trinajstić information content (AvgIpc) is 3.54. The van der Waals surface area contributed by atoms with Gasteiger partial charge in [0.1, 0.15) is 53.4 Å². The number of ether oxygens (including phenoxy) is 10. The van der Waals surface area contributed by atoms with Crippen LogP contribution in [-0.4, -0.2) is 173 Å². The third-order valence-corrected chi connectivity index (χ3v) is 17.6. The molecule has 6 fully saturated rings. The lowest BCUT2D eigenvalue weighted by Gasteiger charge is -2.67. The molecule has 1 aromatic carbocycles. The van der Waals surface area contributed by atoms with Gasteiger partial charge in [0, 0.05) is 46.2 Å². The molecule has 0 radical (unpaired) electrons. The van der Waals surface area contributed by atoms with E-state index in [0.717, 1.165) is 11.1 Å². The summed E-state index contributed by atoms with van der Waals surface area (Å²) in [5, 5.41) is 70.6. The van der Waals surface area contributed by atoms with Crippen LogP contribution in [0.15, 0.2) is 48.1 Å². The number of benzene rings is 1. The Labute approximate surface area is 399 Å². The van der Waals surface area contributed by atoms with E-state index in [4.69, 9.17) is 47.4 Å². The maximum Gasteiger partial charge on any atom is 0.331 e. The molecule has 0 spiro atoms. The molecule has 6 N–H and O–H groups in total. The van der Waals surface area contributed by atoms with Crippen molar-refractivity contribution < 1.29 is 82.8 Å². The number of carbonyl (C=O) groups excluding carboxylic acids is 1. The van der Waals surface area contributed by atoms with Crippen molar-refractivity contribution in [2.45, 2.75) is 214 Å². The Morgan fingerprint density at radius 1 is 0.779 bits per heavy atom. The van der Waals surface area contributed by atoms with E-state index >= 15 is 0 Å². The summed E-state index contributed by atoms with van der Waals surface area (Å²) in [5.41, 5.74) is -5.80. The molecule has 8 rings (SSSR count). The lowest BCUT2D eigenvalue weighted by molar-refractivity contribution is -0.352. The highest BCUT2D eigenvalue weighted by Crippen LogP contribution is 2.71. The molecule has 0 bridgehead atoms. The second kappa shape index (κ2) is 19.9. The monoisotopic (exact) mass is 961 g/mol. The summed E-state index contributed by atoms with van der Waals surface area (Å²) in [6, 6.07) is 9.33. The van der Waals surface area contributed by atoms with Crippen LogP contribution in [0.1, 0.15) is 105 Å². The van der Waals surface area contributed by atoms with Crippen LogP contribution in [0.2, 0.25) is 0 Å². The van der Waals surface area contributed by atoms with Crippen LogP contribution in [0.25, 0.3) is 6.08 Å². The first-order chi connectivity index (χ1) is 32.2. The molecule has 3 heterocycles. The van der Waals surface area contributed by atoms with Crippen LogP contribution in [0, 0.1) is 16.7 Å². The Balaban J connectivity index is 0.922. The minimum absolute atomic E-state index is 0.00945. The molecule has 4 aliphatic carbocycles. The van der Waals surface area contributed by atoms with Gasteiger partial charge in [-0.15, -0.1) is 0 Å². The van der Waals surface area contributed by atoms with Crippen LogP contribution >= 0.6 is 0 Å². The molecular weight excluding hydrogens is 885 g/mol. The third kappa shape index (κ3) is 8.76. The third-order valence-electron chi connectivity index (χ3n) is 17.6. The highest BCUT2D eigenvalue weighted by atomic mass is 16.8. The van der Waals surface area contributed by atoms with Gasteiger partial charge < -0.3 is 78.0 Å². The van der Waals surface area contributed by atoms with Crippen molar-refractivity contribution in [3.8, 4) is 0 Å². The fourth-order valence-corrected chi connectivity index (χ4v) is 13.5.